The van der Waals surface area contributed by atoms with E-state index in [1.807, 2.05) is 28.8 Å². The zero-order valence-corrected chi connectivity index (χ0v) is 16.5. The summed E-state index contributed by atoms with van der Waals surface area (Å²) in [6.07, 6.45) is 0. The van der Waals surface area contributed by atoms with E-state index in [4.69, 9.17) is 4.74 Å². The van der Waals surface area contributed by atoms with E-state index < -0.39 is 0 Å². The molecule has 0 unspecified atom stereocenters. The van der Waals surface area contributed by atoms with Crippen LogP contribution in [0.15, 0.2) is 53.4 Å². The second kappa shape index (κ2) is 8.13. The van der Waals surface area contributed by atoms with Gasteiger partial charge in [0.2, 0.25) is 5.91 Å². The maximum Gasteiger partial charge on any atom is 0.242 e. The summed E-state index contributed by atoms with van der Waals surface area (Å²) in [5, 5.41) is 0. The zero-order valence-electron chi connectivity index (χ0n) is 15.6. The van der Waals surface area contributed by atoms with Crippen LogP contribution in [0.5, 0.6) is 5.75 Å². The van der Waals surface area contributed by atoms with Crippen LogP contribution in [-0.2, 0) is 4.79 Å². The molecule has 1 saturated heterocycles. The van der Waals surface area contributed by atoms with Crippen LogP contribution in [-0.4, -0.2) is 62.9 Å². The Morgan fingerprint density at radius 1 is 1.04 bits per heavy atom. The normalized spacial score (nSPS) is 16.9. The highest BCUT2D eigenvalue weighted by atomic mass is 32.2. The van der Waals surface area contributed by atoms with Gasteiger partial charge in [-0.3, -0.25) is 4.79 Å². The first-order valence-corrected chi connectivity index (χ1v) is 10.4. The lowest BCUT2D eigenvalue weighted by atomic mass is 10.2. The number of methoxy groups -OCH3 is 1. The predicted octanol–water partition coefficient (Wildman–Crippen LogP) is 2.96. The lowest BCUT2D eigenvalue weighted by Gasteiger charge is -2.38. The Morgan fingerprint density at radius 2 is 1.85 bits per heavy atom. The highest BCUT2D eigenvalue weighted by Gasteiger charge is 2.25. The van der Waals surface area contributed by atoms with Crippen molar-refractivity contribution in [3.8, 4) is 5.75 Å². The number of ether oxygens (including phenoxy) is 1. The fourth-order valence-electron chi connectivity index (χ4n) is 3.68. The Bertz CT molecular complexity index is 806. The minimum Gasteiger partial charge on any atom is -0.497 e. The predicted molar refractivity (Wildman–Crippen MR) is 111 cm³/mol. The molecule has 0 spiro atoms. The SMILES string of the molecule is COc1cccc(N2CCN(C(=O)CN3CCSc4ccccc43)CC2)c1. The van der Waals surface area contributed by atoms with Gasteiger partial charge in [0.25, 0.3) is 0 Å². The number of hydrogen-bond acceptors (Lipinski definition) is 5. The van der Waals surface area contributed by atoms with Gasteiger partial charge >= 0.3 is 0 Å². The minimum absolute atomic E-state index is 0.224. The van der Waals surface area contributed by atoms with Crippen LogP contribution in [0, 0.1) is 0 Å². The third-order valence-electron chi connectivity index (χ3n) is 5.20. The number of rotatable bonds is 4. The second-order valence-corrected chi connectivity index (χ2v) is 7.94. The number of nitrogens with zero attached hydrogens (tertiary/aromatic N) is 3. The first-order valence-electron chi connectivity index (χ1n) is 9.38. The molecule has 0 radical (unpaired) electrons. The van der Waals surface area contributed by atoms with Crippen molar-refractivity contribution in [2.45, 2.75) is 4.90 Å². The van der Waals surface area contributed by atoms with Crippen molar-refractivity contribution in [3.05, 3.63) is 48.5 Å². The largest absolute Gasteiger partial charge is 0.497 e. The summed E-state index contributed by atoms with van der Waals surface area (Å²) >= 11 is 1.87. The standard InChI is InChI=1S/C21H25N3O2S/c1-26-18-6-4-5-17(15-18)22-9-11-23(12-10-22)21(25)16-24-13-14-27-20-8-3-2-7-19(20)24/h2-8,15H,9-14,16H2,1H3. The summed E-state index contributed by atoms with van der Waals surface area (Å²) in [5.74, 6) is 2.13. The minimum atomic E-state index is 0.224. The number of carbonyl (C=O) groups excluding carboxylic acids is 1. The molecule has 4 rings (SSSR count). The fourth-order valence-corrected chi connectivity index (χ4v) is 4.73. The van der Waals surface area contributed by atoms with Crippen molar-refractivity contribution in [1.82, 2.24) is 4.90 Å². The maximum atomic E-state index is 12.9. The number of piperazine rings is 1. The van der Waals surface area contributed by atoms with Crippen LogP contribution in [0.4, 0.5) is 11.4 Å². The molecule has 0 saturated carbocycles. The average Bonchev–Trinajstić information content (AvgIpc) is 2.74. The molecule has 1 fully saturated rings. The van der Waals surface area contributed by atoms with Crippen LogP contribution in [0.25, 0.3) is 0 Å². The molecule has 6 heteroatoms. The van der Waals surface area contributed by atoms with Crippen LogP contribution in [0.3, 0.4) is 0 Å². The molecule has 0 bridgehead atoms. The number of fused-ring (bicyclic) bond motifs is 1. The van der Waals surface area contributed by atoms with Gasteiger partial charge in [-0.1, -0.05) is 18.2 Å². The second-order valence-electron chi connectivity index (χ2n) is 6.81. The molecule has 0 aromatic heterocycles. The molecular formula is C21H25N3O2S. The number of benzene rings is 2. The van der Waals surface area contributed by atoms with Crippen molar-refractivity contribution < 1.29 is 9.53 Å². The van der Waals surface area contributed by atoms with Gasteiger partial charge in [0.05, 0.1) is 19.3 Å². The molecule has 0 atom stereocenters. The molecule has 0 aliphatic carbocycles. The number of amides is 1. The van der Waals surface area contributed by atoms with Gasteiger partial charge in [-0.2, -0.15) is 0 Å². The van der Waals surface area contributed by atoms with Gasteiger partial charge in [-0.25, -0.2) is 0 Å². The number of carbonyl (C=O) groups is 1. The van der Waals surface area contributed by atoms with E-state index in [0.29, 0.717) is 6.54 Å². The molecule has 2 aromatic rings. The molecule has 2 aromatic carbocycles. The van der Waals surface area contributed by atoms with Gasteiger partial charge < -0.3 is 19.4 Å². The van der Waals surface area contributed by atoms with Crippen molar-refractivity contribution >= 4 is 29.0 Å². The van der Waals surface area contributed by atoms with Gasteiger partial charge in [0.1, 0.15) is 5.75 Å². The summed E-state index contributed by atoms with van der Waals surface area (Å²) in [4.78, 5) is 20.7. The van der Waals surface area contributed by atoms with E-state index in [2.05, 4.69) is 46.2 Å². The average molecular weight is 384 g/mol. The molecule has 0 N–H and O–H groups in total. The Kier molecular flexibility index (Phi) is 5.43. The number of anilines is 2. The van der Waals surface area contributed by atoms with Gasteiger partial charge in [-0.05, 0) is 24.3 Å². The van der Waals surface area contributed by atoms with Crippen molar-refractivity contribution in [2.75, 3.05) is 61.9 Å². The summed E-state index contributed by atoms with van der Waals surface area (Å²) in [7, 11) is 1.69. The highest BCUT2D eigenvalue weighted by Crippen LogP contribution is 2.34. The molecular weight excluding hydrogens is 358 g/mol. The Morgan fingerprint density at radius 3 is 2.67 bits per heavy atom. The zero-order chi connectivity index (χ0) is 18.6. The van der Waals surface area contributed by atoms with E-state index in [1.165, 1.54) is 10.6 Å². The molecule has 1 amide bonds. The van der Waals surface area contributed by atoms with E-state index in [9.17, 15) is 4.79 Å². The van der Waals surface area contributed by atoms with E-state index >= 15 is 0 Å². The summed E-state index contributed by atoms with van der Waals surface area (Å²) in [6, 6.07) is 16.5. The Balaban J connectivity index is 1.35. The van der Waals surface area contributed by atoms with Crippen molar-refractivity contribution in [1.29, 1.82) is 0 Å². The van der Waals surface area contributed by atoms with Crippen LogP contribution < -0.4 is 14.5 Å². The summed E-state index contributed by atoms with van der Waals surface area (Å²) in [6.45, 7) is 4.63. The van der Waals surface area contributed by atoms with E-state index in [1.54, 1.807) is 7.11 Å². The third kappa shape index (κ3) is 4.00. The quantitative estimate of drug-likeness (QED) is 0.811. The van der Waals surface area contributed by atoms with Gasteiger partial charge in [0.15, 0.2) is 0 Å². The first kappa shape index (κ1) is 18.0. The Labute approximate surface area is 164 Å². The van der Waals surface area contributed by atoms with Crippen molar-refractivity contribution in [2.24, 2.45) is 0 Å². The molecule has 2 aliphatic heterocycles. The van der Waals surface area contributed by atoms with Gasteiger partial charge in [-0.15, -0.1) is 11.8 Å². The molecule has 27 heavy (non-hydrogen) atoms. The monoisotopic (exact) mass is 383 g/mol. The molecule has 5 nitrogen and oxygen atoms in total. The summed E-state index contributed by atoms with van der Waals surface area (Å²) in [5.41, 5.74) is 2.35. The molecule has 2 heterocycles. The molecule has 142 valence electrons. The lowest BCUT2D eigenvalue weighted by molar-refractivity contribution is -0.130. The van der Waals surface area contributed by atoms with Crippen molar-refractivity contribution in [3.63, 3.8) is 0 Å². The van der Waals surface area contributed by atoms with Crippen LogP contribution in [0.1, 0.15) is 0 Å². The van der Waals surface area contributed by atoms with Crippen LogP contribution >= 0.6 is 11.8 Å². The topological polar surface area (TPSA) is 36.0 Å². The first-order chi connectivity index (χ1) is 13.2. The third-order valence-corrected chi connectivity index (χ3v) is 6.24. The number of para-hydroxylation sites is 1. The van der Waals surface area contributed by atoms with Crippen LogP contribution in [0.2, 0.25) is 0 Å². The Hall–Kier alpha value is -2.34. The summed E-state index contributed by atoms with van der Waals surface area (Å²) < 4.78 is 5.32. The number of hydrogen-bond donors (Lipinski definition) is 0. The smallest absolute Gasteiger partial charge is 0.242 e. The lowest BCUT2D eigenvalue weighted by Crippen LogP contribution is -2.51. The van der Waals surface area contributed by atoms with Gasteiger partial charge in [0, 0.05) is 55.1 Å². The highest BCUT2D eigenvalue weighted by molar-refractivity contribution is 7.99. The number of thioether (sulfide) groups is 1. The fraction of sp³-hybridized carbons (Fsp3) is 0.381. The van der Waals surface area contributed by atoms with E-state index in [-0.39, 0.29) is 5.91 Å². The maximum absolute atomic E-state index is 12.9. The van der Waals surface area contributed by atoms with E-state index in [0.717, 1.165) is 49.9 Å². The molecule has 2 aliphatic rings.